The fourth-order valence-electron chi connectivity index (χ4n) is 2.96. The molecular weight excluding hydrogens is 316 g/mol. The molecule has 140 valence electrons. The van der Waals surface area contributed by atoms with E-state index in [2.05, 4.69) is 60.7 Å². The SMILES string of the molecule is C/C(=C\CCC(C)C)[C@H]1[C@H](O[Si](C)(C)C(C)(C)C)C=C[C@]1(O)CO. The molecule has 1 aliphatic carbocycles. The average Bonchev–Trinajstić information content (AvgIpc) is 2.74. The van der Waals surface area contributed by atoms with Crippen molar-refractivity contribution in [2.75, 3.05) is 6.61 Å². The Morgan fingerprint density at radius 3 is 2.38 bits per heavy atom. The van der Waals surface area contributed by atoms with Gasteiger partial charge in [-0.1, -0.05) is 58.4 Å². The van der Waals surface area contributed by atoms with Gasteiger partial charge in [0.15, 0.2) is 8.32 Å². The molecule has 1 aliphatic rings. The van der Waals surface area contributed by atoms with Crippen LogP contribution in [0.25, 0.3) is 0 Å². The summed E-state index contributed by atoms with van der Waals surface area (Å²) in [5.41, 5.74) is -0.105. The molecule has 0 aromatic heterocycles. The minimum atomic E-state index is -1.95. The number of hydrogen-bond acceptors (Lipinski definition) is 3. The molecular formula is C20H38O3Si. The summed E-state index contributed by atoms with van der Waals surface area (Å²) in [4.78, 5) is 0. The van der Waals surface area contributed by atoms with Gasteiger partial charge in [-0.25, -0.2) is 0 Å². The van der Waals surface area contributed by atoms with Gasteiger partial charge >= 0.3 is 0 Å². The Kier molecular flexibility index (Phi) is 7.08. The van der Waals surface area contributed by atoms with Crippen molar-refractivity contribution in [3.05, 3.63) is 23.8 Å². The van der Waals surface area contributed by atoms with E-state index in [0.717, 1.165) is 18.4 Å². The van der Waals surface area contributed by atoms with Crippen LogP contribution in [-0.4, -0.2) is 36.8 Å². The molecule has 0 saturated carbocycles. The highest BCUT2D eigenvalue weighted by molar-refractivity contribution is 6.74. The number of aliphatic hydroxyl groups excluding tert-OH is 1. The molecule has 0 heterocycles. The van der Waals surface area contributed by atoms with E-state index in [9.17, 15) is 10.2 Å². The van der Waals surface area contributed by atoms with Gasteiger partial charge < -0.3 is 14.6 Å². The van der Waals surface area contributed by atoms with Gasteiger partial charge in [-0.3, -0.25) is 0 Å². The van der Waals surface area contributed by atoms with Crippen LogP contribution in [0.4, 0.5) is 0 Å². The highest BCUT2D eigenvalue weighted by Gasteiger charge is 2.48. The number of rotatable bonds is 7. The van der Waals surface area contributed by atoms with Crippen molar-refractivity contribution in [1.29, 1.82) is 0 Å². The molecule has 3 atom stereocenters. The normalized spacial score (nSPS) is 28.9. The lowest BCUT2D eigenvalue weighted by molar-refractivity contribution is -0.0264. The van der Waals surface area contributed by atoms with Crippen LogP contribution >= 0.6 is 0 Å². The van der Waals surface area contributed by atoms with Crippen LogP contribution in [0, 0.1) is 11.8 Å². The zero-order valence-electron chi connectivity index (χ0n) is 16.9. The van der Waals surface area contributed by atoms with Crippen LogP contribution in [0.3, 0.4) is 0 Å². The maximum absolute atomic E-state index is 10.9. The quantitative estimate of drug-likeness (QED) is 0.516. The highest BCUT2D eigenvalue weighted by atomic mass is 28.4. The van der Waals surface area contributed by atoms with E-state index < -0.39 is 13.9 Å². The monoisotopic (exact) mass is 354 g/mol. The topological polar surface area (TPSA) is 49.7 Å². The molecule has 0 bridgehead atoms. The first-order valence-electron chi connectivity index (χ1n) is 9.21. The third-order valence-corrected chi connectivity index (χ3v) is 10.1. The van der Waals surface area contributed by atoms with E-state index in [-0.39, 0.29) is 23.7 Å². The summed E-state index contributed by atoms with van der Waals surface area (Å²) in [6.07, 6.45) is 7.84. The van der Waals surface area contributed by atoms with E-state index in [4.69, 9.17) is 4.43 Å². The van der Waals surface area contributed by atoms with Gasteiger partial charge in [0, 0.05) is 5.92 Å². The third kappa shape index (κ3) is 5.04. The van der Waals surface area contributed by atoms with Crippen LogP contribution in [0.2, 0.25) is 18.1 Å². The van der Waals surface area contributed by atoms with Gasteiger partial charge in [0.2, 0.25) is 0 Å². The van der Waals surface area contributed by atoms with Gasteiger partial charge in [-0.2, -0.15) is 0 Å². The van der Waals surface area contributed by atoms with Gasteiger partial charge in [0.05, 0.1) is 12.7 Å². The molecule has 0 amide bonds. The molecule has 0 fully saturated rings. The standard InChI is InChI=1S/C20H38O3Si/c1-15(2)10-9-11-16(3)18-17(12-13-20(18,22)14-21)23-24(7,8)19(4,5)6/h11-13,15,17-18,21-22H,9-10,14H2,1-8H3/b16-11+/t17-,18+,20+/m1/s1. The first kappa shape index (κ1) is 21.6. The summed E-state index contributed by atoms with van der Waals surface area (Å²) in [5.74, 6) is 0.454. The third-order valence-electron chi connectivity index (χ3n) is 5.63. The number of hydrogen-bond donors (Lipinski definition) is 2. The van der Waals surface area contributed by atoms with Gasteiger partial charge in [-0.15, -0.1) is 0 Å². The van der Waals surface area contributed by atoms with E-state index in [1.165, 1.54) is 0 Å². The summed E-state index contributed by atoms with van der Waals surface area (Å²) in [7, 11) is -1.95. The first-order chi connectivity index (χ1) is 10.8. The van der Waals surface area contributed by atoms with Crippen molar-refractivity contribution in [1.82, 2.24) is 0 Å². The molecule has 0 saturated heterocycles. The van der Waals surface area contributed by atoms with E-state index in [1.807, 2.05) is 6.08 Å². The Labute approximate surface area is 149 Å². The van der Waals surface area contributed by atoms with Crippen LogP contribution in [-0.2, 0) is 4.43 Å². The van der Waals surface area contributed by atoms with Crippen molar-refractivity contribution in [3.8, 4) is 0 Å². The zero-order valence-corrected chi connectivity index (χ0v) is 17.9. The smallest absolute Gasteiger partial charge is 0.192 e. The lowest BCUT2D eigenvalue weighted by Gasteiger charge is -2.41. The zero-order chi connectivity index (χ0) is 18.8. The summed E-state index contributed by atoms with van der Waals surface area (Å²) < 4.78 is 6.56. The Morgan fingerprint density at radius 2 is 1.92 bits per heavy atom. The molecule has 0 spiro atoms. The molecule has 4 heteroatoms. The summed E-state index contributed by atoms with van der Waals surface area (Å²) >= 11 is 0. The van der Waals surface area contributed by atoms with Crippen molar-refractivity contribution in [3.63, 3.8) is 0 Å². The molecule has 0 aromatic carbocycles. The van der Waals surface area contributed by atoms with Gasteiger partial charge in [0.25, 0.3) is 0 Å². The minimum Gasteiger partial charge on any atom is -0.410 e. The second kappa shape index (κ2) is 7.86. The molecule has 2 N–H and O–H groups in total. The fraction of sp³-hybridized carbons (Fsp3) is 0.800. The highest BCUT2D eigenvalue weighted by Crippen LogP contribution is 2.43. The second-order valence-electron chi connectivity index (χ2n) is 9.25. The Bertz CT molecular complexity index is 474. The van der Waals surface area contributed by atoms with Crippen LogP contribution < -0.4 is 0 Å². The summed E-state index contributed by atoms with van der Waals surface area (Å²) in [6, 6.07) is 0. The Hall–Kier alpha value is -0.423. The van der Waals surface area contributed by atoms with E-state index >= 15 is 0 Å². The van der Waals surface area contributed by atoms with E-state index in [1.54, 1.807) is 6.08 Å². The average molecular weight is 355 g/mol. The van der Waals surface area contributed by atoms with Crippen LogP contribution in [0.5, 0.6) is 0 Å². The van der Waals surface area contributed by atoms with Crippen molar-refractivity contribution in [2.24, 2.45) is 11.8 Å². The predicted molar refractivity (Wildman–Crippen MR) is 105 cm³/mol. The second-order valence-corrected chi connectivity index (χ2v) is 14.0. The molecule has 0 unspecified atom stereocenters. The van der Waals surface area contributed by atoms with E-state index in [0.29, 0.717) is 5.92 Å². The van der Waals surface area contributed by atoms with Gasteiger partial charge in [0.1, 0.15) is 5.60 Å². The fourth-order valence-corrected chi connectivity index (χ4v) is 4.21. The minimum absolute atomic E-state index is 0.112. The Balaban J connectivity index is 3.01. The van der Waals surface area contributed by atoms with Crippen molar-refractivity contribution >= 4 is 8.32 Å². The van der Waals surface area contributed by atoms with Crippen molar-refractivity contribution < 1.29 is 14.6 Å². The number of allylic oxidation sites excluding steroid dienone is 1. The van der Waals surface area contributed by atoms with Crippen LogP contribution in [0.1, 0.15) is 54.4 Å². The molecule has 3 nitrogen and oxygen atoms in total. The molecule has 0 aliphatic heterocycles. The number of aliphatic hydroxyl groups is 2. The van der Waals surface area contributed by atoms with Crippen molar-refractivity contribution in [2.45, 2.75) is 84.2 Å². The molecule has 24 heavy (non-hydrogen) atoms. The molecule has 0 aromatic rings. The first-order valence-corrected chi connectivity index (χ1v) is 12.1. The molecule has 1 rings (SSSR count). The maximum Gasteiger partial charge on any atom is 0.192 e. The lowest BCUT2D eigenvalue weighted by atomic mass is 9.83. The largest absolute Gasteiger partial charge is 0.410 e. The maximum atomic E-state index is 10.9. The lowest BCUT2D eigenvalue weighted by Crippen LogP contribution is -2.49. The summed E-state index contributed by atoms with van der Waals surface area (Å²) in [5, 5.41) is 20.7. The molecule has 0 radical (unpaired) electrons. The van der Waals surface area contributed by atoms with Crippen LogP contribution in [0.15, 0.2) is 23.8 Å². The Morgan fingerprint density at radius 1 is 1.33 bits per heavy atom. The van der Waals surface area contributed by atoms with Gasteiger partial charge in [-0.05, 0) is 43.8 Å². The predicted octanol–water partition coefficient (Wildman–Crippen LogP) is 4.67. The summed E-state index contributed by atoms with van der Waals surface area (Å²) in [6.45, 7) is 17.3.